The average molecular weight is 281 g/mol. The maximum Gasteiger partial charge on any atom is 0.341 e. The molecule has 2 rings (SSSR count). The summed E-state index contributed by atoms with van der Waals surface area (Å²) in [5.41, 5.74) is 1.02. The lowest BCUT2D eigenvalue weighted by atomic mass is 10.1. The SMILES string of the molecule is CCOC(=O)c1cc(-c2ccc(Cl)cc2)oc1CO. The monoisotopic (exact) mass is 280 g/mol. The molecule has 2 aromatic rings. The highest BCUT2D eigenvalue weighted by atomic mass is 35.5. The molecular weight excluding hydrogens is 268 g/mol. The number of hydrogen-bond acceptors (Lipinski definition) is 4. The largest absolute Gasteiger partial charge is 0.462 e. The van der Waals surface area contributed by atoms with E-state index in [2.05, 4.69) is 0 Å². The average Bonchev–Trinajstić information content (AvgIpc) is 2.84. The summed E-state index contributed by atoms with van der Waals surface area (Å²) in [4.78, 5) is 11.7. The van der Waals surface area contributed by atoms with Crippen LogP contribution in [0.4, 0.5) is 0 Å². The van der Waals surface area contributed by atoms with Crippen LogP contribution in [0, 0.1) is 0 Å². The number of benzene rings is 1. The Morgan fingerprint density at radius 1 is 1.37 bits per heavy atom. The van der Waals surface area contributed by atoms with E-state index in [1.165, 1.54) is 0 Å². The Labute approximate surface area is 115 Å². The lowest BCUT2D eigenvalue weighted by Gasteiger charge is -1.99. The molecule has 1 aromatic carbocycles. The highest BCUT2D eigenvalue weighted by Gasteiger charge is 2.19. The van der Waals surface area contributed by atoms with Crippen molar-refractivity contribution in [3.8, 4) is 11.3 Å². The van der Waals surface area contributed by atoms with Crippen molar-refractivity contribution < 1.29 is 19.1 Å². The van der Waals surface area contributed by atoms with Crippen LogP contribution in [0.2, 0.25) is 5.02 Å². The number of esters is 1. The molecule has 0 atom stereocenters. The summed E-state index contributed by atoms with van der Waals surface area (Å²) in [7, 11) is 0. The van der Waals surface area contributed by atoms with Gasteiger partial charge in [0.25, 0.3) is 0 Å². The van der Waals surface area contributed by atoms with Gasteiger partial charge in [-0.3, -0.25) is 0 Å². The molecule has 0 spiro atoms. The smallest absolute Gasteiger partial charge is 0.341 e. The summed E-state index contributed by atoms with van der Waals surface area (Å²) in [5.74, 6) is 0.183. The van der Waals surface area contributed by atoms with Gasteiger partial charge >= 0.3 is 5.97 Å². The van der Waals surface area contributed by atoms with E-state index in [0.717, 1.165) is 5.56 Å². The zero-order valence-electron chi connectivity index (χ0n) is 10.4. The van der Waals surface area contributed by atoms with E-state index in [0.29, 0.717) is 10.8 Å². The summed E-state index contributed by atoms with van der Waals surface area (Å²) < 4.78 is 10.4. The van der Waals surface area contributed by atoms with Crippen LogP contribution in [-0.4, -0.2) is 17.7 Å². The van der Waals surface area contributed by atoms with Gasteiger partial charge in [-0.15, -0.1) is 0 Å². The van der Waals surface area contributed by atoms with Crippen LogP contribution in [0.3, 0.4) is 0 Å². The molecule has 1 heterocycles. The van der Waals surface area contributed by atoms with E-state index in [1.807, 2.05) is 0 Å². The molecule has 0 bridgehead atoms. The number of hydrogen-bond donors (Lipinski definition) is 1. The zero-order valence-corrected chi connectivity index (χ0v) is 11.1. The fourth-order valence-corrected chi connectivity index (χ4v) is 1.81. The second kappa shape index (κ2) is 5.91. The lowest BCUT2D eigenvalue weighted by molar-refractivity contribution is 0.0520. The van der Waals surface area contributed by atoms with Crippen LogP contribution in [0.1, 0.15) is 23.0 Å². The molecule has 0 fully saturated rings. The standard InChI is InChI=1S/C14H13ClO4/c1-2-18-14(17)11-7-12(19-13(11)8-16)9-3-5-10(15)6-4-9/h3-7,16H,2,8H2,1H3. The molecule has 5 heteroatoms. The topological polar surface area (TPSA) is 59.7 Å². The van der Waals surface area contributed by atoms with E-state index in [-0.39, 0.29) is 24.5 Å². The molecule has 0 saturated carbocycles. The fourth-order valence-electron chi connectivity index (χ4n) is 1.68. The van der Waals surface area contributed by atoms with Crippen LogP contribution >= 0.6 is 11.6 Å². The lowest BCUT2D eigenvalue weighted by Crippen LogP contribution is -2.05. The van der Waals surface area contributed by atoms with Gasteiger partial charge in [-0.2, -0.15) is 0 Å². The highest BCUT2D eigenvalue weighted by Crippen LogP contribution is 2.27. The quantitative estimate of drug-likeness (QED) is 0.873. The number of carbonyl (C=O) groups is 1. The number of aliphatic hydroxyl groups excluding tert-OH is 1. The van der Waals surface area contributed by atoms with Gasteiger partial charge in [0.05, 0.1) is 6.61 Å². The van der Waals surface area contributed by atoms with Crippen molar-refractivity contribution >= 4 is 17.6 Å². The summed E-state index contributed by atoms with van der Waals surface area (Å²) >= 11 is 5.81. The van der Waals surface area contributed by atoms with Gasteiger partial charge in [-0.05, 0) is 37.3 Å². The van der Waals surface area contributed by atoms with E-state index in [1.54, 1.807) is 37.3 Å². The van der Waals surface area contributed by atoms with Crippen molar-refractivity contribution in [1.29, 1.82) is 0 Å². The van der Waals surface area contributed by atoms with E-state index >= 15 is 0 Å². The molecule has 19 heavy (non-hydrogen) atoms. The second-order valence-electron chi connectivity index (χ2n) is 3.83. The fraction of sp³-hybridized carbons (Fsp3) is 0.214. The molecule has 0 aliphatic carbocycles. The summed E-state index contributed by atoms with van der Waals surface area (Å²) in [6.07, 6.45) is 0. The Morgan fingerprint density at radius 3 is 2.63 bits per heavy atom. The van der Waals surface area contributed by atoms with Gasteiger partial charge in [-0.25, -0.2) is 4.79 Å². The summed E-state index contributed by atoms with van der Waals surface area (Å²) in [5, 5.41) is 9.83. The minimum Gasteiger partial charge on any atom is -0.462 e. The van der Waals surface area contributed by atoms with Crippen molar-refractivity contribution in [3.05, 3.63) is 46.7 Å². The molecule has 1 aromatic heterocycles. The minimum absolute atomic E-state index is 0.198. The predicted octanol–water partition coefficient (Wildman–Crippen LogP) is 3.27. The molecule has 100 valence electrons. The van der Waals surface area contributed by atoms with E-state index in [4.69, 9.17) is 20.8 Å². The van der Waals surface area contributed by atoms with Gasteiger partial charge in [0.15, 0.2) is 0 Å². The third-order valence-corrected chi connectivity index (χ3v) is 2.83. The summed E-state index contributed by atoms with van der Waals surface area (Å²) in [6.45, 7) is 1.63. The molecular formula is C14H13ClO4. The first-order valence-corrected chi connectivity index (χ1v) is 6.20. The van der Waals surface area contributed by atoms with Gasteiger partial charge in [0.1, 0.15) is 23.7 Å². The normalized spacial score (nSPS) is 10.5. The highest BCUT2D eigenvalue weighted by molar-refractivity contribution is 6.30. The number of aliphatic hydroxyl groups is 1. The number of carbonyl (C=O) groups excluding carboxylic acids is 1. The molecule has 0 amide bonds. The van der Waals surface area contributed by atoms with Crippen molar-refractivity contribution in [3.63, 3.8) is 0 Å². The van der Waals surface area contributed by atoms with E-state index in [9.17, 15) is 9.90 Å². The number of halogens is 1. The molecule has 4 nitrogen and oxygen atoms in total. The van der Waals surface area contributed by atoms with Crippen molar-refractivity contribution in [1.82, 2.24) is 0 Å². The Hall–Kier alpha value is -1.78. The number of rotatable bonds is 4. The van der Waals surface area contributed by atoms with Crippen LogP contribution in [0.15, 0.2) is 34.7 Å². The zero-order chi connectivity index (χ0) is 13.8. The first kappa shape index (κ1) is 13.6. The maximum atomic E-state index is 11.7. The molecule has 0 aliphatic rings. The Morgan fingerprint density at radius 2 is 2.05 bits per heavy atom. The first-order valence-electron chi connectivity index (χ1n) is 5.82. The number of ether oxygens (including phenoxy) is 1. The molecule has 0 aliphatic heterocycles. The predicted molar refractivity (Wildman–Crippen MR) is 71.0 cm³/mol. The molecule has 1 N–H and O–H groups in total. The third kappa shape index (κ3) is 2.97. The molecule has 0 saturated heterocycles. The van der Waals surface area contributed by atoms with Crippen molar-refractivity contribution in [2.75, 3.05) is 6.61 Å². The van der Waals surface area contributed by atoms with Crippen LogP contribution < -0.4 is 0 Å². The Bertz CT molecular complexity index is 572. The van der Waals surface area contributed by atoms with Crippen molar-refractivity contribution in [2.45, 2.75) is 13.5 Å². The third-order valence-electron chi connectivity index (χ3n) is 2.58. The van der Waals surface area contributed by atoms with Crippen LogP contribution in [0.25, 0.3) is 11.3 Å². The first-order chi connectivity index (χ1) is 9.15. The second-order valence-corrected chi connectivity index (χ2v) is 4.27. The van der Waals surface area contributed by atoms with E-state index < -0.39 is 5.97 Å². The van der Waals surface area contributed by atoms with Crippen LogP contribution in [-0.2, 0) is 11.3 Å². The minimum atomic E-state index is -0.504. The molecule has 0 unspecified atom stereocenters. The van der Waals surface area contributed by atoms with Crippen LogP contribution in [0.5, 0.6) is 0 Å². The Balaban J connectivity index is 2.38. The van der Waals surface area contributed by atoms with Gasteiger partial charge in [0, 0.05) is 10.6 Å². The summed E-state index contributed by atoms with van der Waals surface area (Å²) in [6, 6.07) is 8.56. The Kier molecular flexibility index (Phi) is 4.24. The molecule has 0 radical (unpaired) electrons. The number of furan rings is 1. The van der Waals surface area contributed by atoms with Gasteiger partial charge < -0.3 is 14.3 Å². The maximum absolute atomic E-state index is 11.7. The van der Waals surface area contributed by atoms with Gasteiger partial charge in [0.2, 0.25) is 0 Å². The van der Waals surface area contributed by atoms with Crippen molar-refractivity contribution in [2.24, 2.45) is 0 Å². The van der Waals surface area contributed by atoms with Gasteiger partial charge in [-0.1, -0.05) is 11.6 Å².